The third-order valence-corrected chi connectivity index (χ3v) is 0.903. The fourth-order valence-corrected chi connectivity index (χ4v) is 0.513. The van der Waals surface area contributed by atoms with Gasteiger partial charge >= 0.3 is 0 Å². The molecule has 1 N–H and O–H groups in total. The van der Waals surface area contributed by atoms with Crippen molar-refractivity contribution in [2.75, 3.05) is 5.43 Å². The zero-order valence-corrected chi connectivity index (χ0v) is 4.33. The van der Waals surface area contributed by atoms with Crippen molar-refractivity contribution in [3.05, 3.63) is 30.3 Å². The Labute approximate surface area is 48.3 Å². The van der Waals surface area contributed by atoms with Crippen LogP contribution >= 0.6 is 0 Å². The lowest BCUT2D eigenvalue weighted by Gasteiger charge is -1.91. The summed E-state index contributed by atoms with van der Waals surface area (Å²) >= 11 is 0. The minimum atomic E-state index is 0.715. The third-order valence-electron chi connectivity index (χ3n) is 0.903. The number of hydrogen-bond acceptors (Lipinski definition) is 1. The first kappa shape index (κ1) is 5.12. The molecule has 0 aromatic heterocycles. The van der Waals surface area contributed by atoms with Crippen LogP contribution in [0.25, 0.3) is 0 Å². The number of para-hydroxylation sites is 1. The second-order valence-corrected chi connectivity index (χ2v) is 1.48. The van der Waals surface area contributed by atoms with Crippen molar-refractivity contribution in [1.29, 1.82) is 0 Å². The van der Waals surface area contributed by atoms with Gasteiger partial charge < -0.3 is 0 Å². The van der Waals surface area contributed by atoms with Crippen LogP contribution in [0.15, 0.2) is 30.3 Å². The lowest BCUT2D eigenvalue weighted by Crippen LogP contribution is -1.89. The SMILES string of the molecule is [N]Nc1ccccc1. The third kappa shape index (κ3) is 0.978. The number of nitrogens with zero attached hydrogens (tertiary/aromatic N) is 1. The van der Waals surface area contributed by atoms with Gasteiger partial charge in [-0.05, 0) is 18.0 Å². The molecule has 8 heavy (non-hydrogen) atoms. The summed E-state index contributed by atoms with van der Waals surface area (Å²) in [6.45, 7) is 0. The standard InChI is InChI=1S/C6H6N2/c7-8-6-4-2-1-3-5-6/h1-5,8H. The Balaban J connectivity index is 2.83. The van der Waals surface area contributed by atoms with Crippen molar-refractivity contribution in [3.8, 4) is 0 Å². The molecule has 1 aromatic rings. The summed E-state index contributed by atoms with van der Waals surface area (Å²) in [4.78, 5) is 0. The van der Waals surface area contributed by atoms with E-state index in [-0.39, 0.29) is 0 Å². The number of hydrogen-bond donors (Lipinski definition) is 1. The first-order chi connectivity index (χ1) is 3.93. The topological polar surface area (TPSA) is 34.3 Å². The predicted molar refractivity (Wildman–Crippen MR) is 32.2 cm³/mol. The van der Waals surface area contributed by atoms with Crippen molar-refractivity contribution < 1.29 is 0 Å². The maximum atomic E-state index is 8.29. The second-order valence-electron chi connectivity index (χ2n) is 1.48. The average molecular weight is 106 g/mol. The molecule has 0 unspecified atom stereocenters. The van der Waals surface area contributed by atoms with Gasteiger partial charge in [0.05, 0.1) is 5.69 Å². The van der Waals surface area contributed by atoms with Gasteiger partial charge in [0.1, 0.15) is 0 Å². The van der Waals surface area contributed by atoms with E-state index in [0.717, 1.165) is 0 Å². The highest BCUT2D eigenvalue weighted by Gasteiger charge is 1.79. The Morgan fingerprint density at radius 3 is 2.12 bits per heavy atom. The lowest BCUT2D eigenvalue weighted by molar-refractivity contribution is 1.29. The molecule has 0 saturated heterocycles. The van der Waals surface area contributed by atoms with E-state index < -0.39 is 0 Å². The molecule has 0 spiro atoms. The van der Waals surface area contributed by atoms with E-state index in [1.807, 2.05) is 23.6 Å². The average Bonchev–Trinajstić information content (AvgIpc) is 1.90. The van der Waals surface area contributed by atoms with Crippen LogP contribution in [0.1, 0.15) is 0 Å². The quantitative estimate of drug-likeness (QED) is 0.534. The van der Waals surface area contributed by atoms with Crippen LogP contribution in [0.2, 0.25) is 0 Å². The molecule has 0 saturated carbocycles. The van der Waals surface area contributed by atoms with Gasteiger partial charge in [0.15, 0.2) is 0 Å². The van der Waals surface area contributed by atoms with Gasteiger partial charge in [0.2, 0.25) is 0 Å². The van der Waals surface area contributed by atoms with Gasteiger partial charge in [0, 0.05) is 0 Å². The summed E-state index contributed by atoms with van der Waals surface area (Å²) in [6.07, 6.45) is 0. The van der Waals surface area contributed by atoms with Crippen molar-refractivity contribution >= 4 is 5.69 Å². The molecule has 0 atom stereocenters. The molecule has 2 nitrogen and oxygen atoms in total. The molecule has 0 fully saturated rings. The highest BCUT2D eigenvalue weighted by atomic mass is 15.2. The van der Waals surface area contributed by atoms with Gasteiger partial charge in [-0.15, -0.1) is 0 Å². The maximum absolute atomic E-state index is 8.29. The van der Waals surface area contributed by atoms with Crippen LogP contribution in [0.5, 0.6) is 0 Å². The Bertz CT molecular complexity index is 148. The number of nitrogens with one attached hydrogen (secondary N) is 1. The van der Waals surface area contributed by atoms with Crippen molar-refractivity contribution in [2.45, 2.75) is 0 Å². The van der Waals surface area contributed by atoms with Crippen molar-refractivity contribution in [3.63, 3.8) is 0 Å². The van der Waals surface area contributed by atoms with E-state index in [2.05, 4.69) is 0 Å². The molecule has 40 valence electrons. The minimum Gasteiger partial charge on any atom is -0.286 e. The van der Waals surface area contributed by atoms with Crippen LogP contribution in [0.4, 0.5) is 5.69 Å². The minimum absolute atomic E-state index is 0.715. The van der Waals surface area contributed by atoms with Crippen LogP contribution in [0.3, 0.4) is 0 Å². The molecule has 0 bridgehead atoms. The summed E-state index contributed by atoms with van der Waals surface area (Å²) < 4.78 is 0. The molecular weight excluding hydrogens is 100 g/mol. The lowest BCUT2D eigenvalue weighted by atomic mass is 10.3. The Morgan fingerprint density at radius 1 is 1.12 bits per heavy atom. The van der Waals surface area contributed by atoms with E-state index in [1.54, 1.807) is 12.1 Å². The van der Waals surface area contributed by atoms with Gasteiger partial charge in [-0.2, -0.15) is 0 Å². The molecule has 0 amide bonds. The predicted octanol–water partition coefficient (Wildman–Crippen LogP) is 1.08. The second kappa shape index (κ2) is 2.33. The fourth-order valence-electron chi connectivity index (χ4n) is 0.513. The van der Waals surface area contributed by atoms with Gasteiger partial charge in [-0.3, -0.25) is 5.43 Å². The highest BCUT2D eigenvalue weighted by molar-refractivity contribution is 5.40. The Morgan fingerprint density at radius 2 is 1.75 bits per heavy atom. The molecule has 0 heterocycles. The number of rotatable bonds is 1. The molecule has 0 aliphatic rings. The van der Waals surface area contributed by atoms with E-state index in [0.29, 0.717) is 5.69 Å². The van der Waals surface area contributed by atoms with Crippen LogP contribution < -0.4 is 11.3 Å². The summed E-state index contributed by atoms with van der Waals surface area (Å²) in [5.74, 6) is 8.29. The number of benzene rings is 1. The van der Waals surface area contributed by atoms with Gasteiger partial charge in [-0.25, -0.2) is 0 Å². The van der Waals surface area contributed by atoms with Crippen molar-refractivity contribution in [1.82, 2.24) is 5.84 Å². The summed E-state index contributed by atoms with van der Waals surface area (Å²) in [6, 6.07) is 9.14. The number of anilines is 1. The Kier molecular flexibility index (Phi) is 1.49. The molecule has 1 aromatic carbocycles. The molecule has 2 heteroatoms. The molecular formula is C6H6N2. The van der Waals surface area contributed by atoms with Crippen LogP contribution in [-0.2, 0) is 0 Å². The first-order valence-electron chi connectivity index (χ1n) is 2.38. The van der Waals surface area contributed by atoms with E-state index in [1.165, 1.54) is 0 Å². The van der Waals surface area contributed by atoms with Gasteiger partial charge in [-0.1, -0.05) is 18.2 Å². The van der Waals surface area contributed by atoms with E-state index in [4.69, 9.17) is 5.84 Å². The molecule has 1 rings (SSSR count). The fraction of sp³-hybridized carbons (Fsp3) is 0. The smallest absolute Gasteiger partial charge is 0.0519 e. The van der Waals surface area contributed by atoms with Crippen LogP contribution in [0, 0.1) is 0 Å². The van der Waals surface area contributed by atoms with Crippen molar-refractivity contribution in [2.24, 2.45) is 0 Å². The Hall–Kier alpha value is -1.02. The monoisotopic (exact) mass is 106 g/mol. The summed E-state index contributed by atoms with van der Waals surface area (Å²) in [5.41, 5.74) is 2.74. The zero-order chi connectivity index (χ0) is 5.82. The van der Waals surface area contributed by atoms with E-state index in [9.17, 15) is 0 Å². The zero-order valence-electron chi connectivity index (χ0n) is 4.33. The summed E-state index contributed by atoms with van der Waals surface area (Å²) in [7, 11) is 0. The van der Waals surface area contributed by atoms with E-state index >= 15 is 0 Å². The normalized spacial score (nSPS) is 8.62. The molecule has 0 aliphatic carbocycles. The highest BCUT2D eigenvalue weighted by Crippen LogP contribution is 2.01. The molecule has 2 radical (unpaired) electrons. The van der Waals surface area contributed by atoms with Gasteiger partial charge in [0.25, 0.3) is 0 Å². The van der Waals surface area contributed by atoms with Crippen LogP contribution in [-0.4, -0.2) is 0 Å². The first-order valence-corrected chi connectivity index (χ1v) is 2.38. The molecule has 0 aliphatic heterocycles. The summed E-state index contributed by atoms with van der Waals surface area (Å²) in [5, 5.41) is 0. The largest absolute Gasteiger partial charge is 0.286 e. The maximum Gasteiger partial charge on any atom is 0.0519 e.